The van der Waals surface area contributed by atoms with Gasteiger partial charge in [0.15, 0.2) is 0 Å². The average molecular weight is 537 g/mol. The van der Waals surface area contributed by atoms with Crippen LogP contribution < -0.4 is 4.74 Å². The van der Waals surface area contributed by atoms with E-state index in [1.807, 2.05) is 68.1 Å². The Morgan fingerprint density at radius 2 is 1.90 bits per heavy atom. The molecular weight excluding hydrogens is 500 g/mol. The second-order valence-electron chi connectivity index (χ2n) is 11.2. The minimum absolute atomic E-state index is 0.0623. The van der Waals surface area contributed by atoms with Gasteiger partial charge < -0.3 is 18.8 Å². The van der Waals surface area contributed by atoms with Gasteiger partial charge in [0.25, 0.3) is 0 Å². The summed E-state index contributed by atoms with van der Waals surface area (Å²) in [4.78, 5) is 27.5. The lowest BCUT2D eigenvalue weighted by atomic mass is 9.72. The Labute approximate surface area is 227 Å². The fourth-order valence-corrected chi connectivity index (χ4v) is 5.61. The fourth-order valence-electron chi connectivity index (χ4n) is 5.61. The van der Waals surface area contributed by atoms with E-state index >= 15 is 0 Å². The van der Waals surface area contributed by atoms with Gasteiger partial charge in [0.2, 0.25) is 5.82 Å². The number of likely N-dealkylation sites (tertiary alicyclic amines) is 1. The minimum Gasteiger partial charge on any atom is -0.490 e. The summed E-state index contributed by atoms with van der Waals surface area (Å²) in [6.45, 7) is 7.98. The molecule has 11 heteroatoms. The molecule has 0 spiro atoms. The topological polar surface area (TPSA) is 124 Å². The average Bonchev–Trinajstić information content (AvgIpc) is 3.62. The summed E-state index contributed by atoms with van der Waals surface area (Å²) < 4.78 is 19.6. The Morgan fingerprint density at radius 3 is 2.59 bits per heavy atom. The van der Waals surface area contributed by atoms with E-state index < -0.39 is 17.7 Å². The molecule has 2 aromatic heterocycles. The molecule has 1 aliphatic heterocycles. The number of piperidine rings is 1. The smallest absolute Gasteiger partial charge is 0.411 e. The Morgan fingerprint density at radius 1 is 1.10 bits per heavy atom. The maximum atomic E-state index is 13.0. The quantitative estimate of drug-likeness (QED) is 0.460. The van der Waals surface area contributed by atoms with Gasteiger partial charge in [0, 0.05) is 30.7 Å². The number of H-pyrrole nitrogens is 1. The largest absolute Gasteiger partial charge is 0.490 e. The van der Waals surface area contributed by atoms with E-state index in [9.17, 15) is 9.59 Å². The molecule has 3 aromatic rings. The van der Waals surface area contributed by atoms with Crippen LogP contribution in [0.1, 0.15) is 53.4 Å². The third-order valence-electron chi connectivity index (χ3n) is 7.36. The van der Waals surface area contributed by atoms with Crippen LogP contribution in [0.2, 0.25) is 0 Å². The highest BCUT2D eigenvalue weighted by atomic mass is 16.6. The number of aromatic amines is 1. The maximum absolute atomic E-state index is 13.0. The summed E-state index contributed by atoms with van der Waals surface area (Å²) >= 11 is 0. The van der Waals surface area contributed by atoms with E-state index in [0.717, 1.165) is 30.5 Å². The van der Waals surface area contributed by atoms with Crippen molar-refractivity contribution in [3.8, 4) is 22.8 Å². The molecule has 11 nitrogen and oxygen atoms in total. The zero-order valence-corrected chi connectivity index (χ0v) is 22.9. The summed E-state index contributed by atoms with van der Waals surface area (Å²) in [5, 5.41) is 14.5. The number of ether oxygens (including phenoxy) is 3. The predicted octanol–water partition coefficient (Wildman–Crippen LogP) is 4.39. The van der Waals surface area contributed by atoms with Gasteiger partial charge in [0.05, 0.1) is 18.3 Å². The van der Waals surface area contributed by atoms with E-state index in [-0.39, 0.29) is 30.5 Å². The van der Waals surface area contributed by atoms with Crippen molar-refractivity contribution in [2.45, 2.75) is 71.1 Å². The fraction of sp³-hybridized carbons (Fsp3) is 0.536. The molecule has 5 rings (SSSR count). The first-order chi connectivity index (χ1) is 18.7. The van der Waals surface area contributed by atoms with Crippen LogP contribution in [-0.4, -0.2) is 73.1 Å². The molecule has 1 N–H and O–H groups in total. The summed E-state index contributed by atoms with van der Waals surface area (Å²) in [5.41, 5.74) is 1.07. The van der Waals surface area contributed by atoms with Crippen molar-refractivity contribution >= 4 is 12.1 Å². The number of fused-ring (bicyclic) bond motifs is 1. The molecule has 2 fully saturated rings. The summed E-state index contributed by atoms with van der Waals surface area (Å²) in [6, 6.07) is 9.19. The molecule has 208 valence electrons. The number of tetrazole rings is 1. The predicted molar refractivity (Wildman–Crippen MR) is 142 cm³/mol. The van der Waals surface area contributed by atoms with Crippen molar-refractivity contribution in [1.29, 1.82) is 0 Å². The van der Waals surface area contributed by atoms with Crippen molar-refractivity contribution in [2.75, 3.05) is 13.2 Å². The van der Waals surface area contributed by atoms with Crippen LogP contribution in [0.25, 0.3) is 17.1 Å². The first kappa shape index (κ1) is 26.7. The zero-order chi connectivity index (χ0) is 27.6. The molecular formula is C28H36N6O5. The molecule has 2 aliphatic rings. The number of nitrogens with one attached hydrogen (secondary N) is 1. The molecule has 1 saturated carbocycles. The number of hydrogen-bond acceptors (Lipinski definition) is 8. The number of carbonyl (C=O) groups is 2. The third kappa shape index (κ3) is 6.07. The molecule has 1 amide bonds. The highest BCUT2D eigenvalue weighted by molar-refractivity contribution is 5.82. The van der Waals surface area contributed by atoms with Crippen LogP contribution >= 0.6 is 0 Å². The van der Waals surface area contributed by atoms with E-state index in [0.29, 0.717) is 24.5 Å². The number of hydrogen-bond donors (Lipinski definition) is 1. The number of carbonyl (C=O) groups excluding carboxylic acids is 2. The van der Waals surface area contributed by atoms with Crippen LogP contribution in [0.5, 0.6) is 5.75 Å². The van der Waals surface area contributed by atoms with E-state index in [2.05, 4.69) is 20.6 Å². The number of nitrogens with zero attached hydrogens (tertiary/aromatic N) is 5. The Kier molecular flexibility index (Phi) is 7.58. The monoisotopic (exact) mass is 536 g/mol. The lowest BCUT2D eigenvalue weighted by Crippen LogP contribution is -2.56. The van der Waals surface area contributed by atoms with Crippen LogP contribution in [0.3, 0.4) is 0 Å². The number of aromatic nitrogens is 5. The van der Waals surface area contributed by atoms with Gasteiger partial charge >= 0.3 is 12.1 Å². The van der Waals surface area contributed by atoms with Gasteiger partial charge in [0.1, 0.15) is 17.4 Å². The Hall–Kier alpha value is -3.89. The molecule has 3 heterocycles. The first-order valence-corrected chi connectivity index (χ1v) is 13.6. The molecule has 39 heavy (non-hydrogen) atoms. The minimum atomic E-state index is -0.674. The number of benzene rings is 1. The van der Waals surface area contributed by atoms with Crippen molar-refractivity contribution in [3.05, 3.63) is 42.7 Å². The van der Waals surface area contributed by atoms with Gasteiger partial charge in [-0.1, -0.05) is 0 Å². The van der Waals surface area contributed by atoms with Crippen LogP contribution in [0.15, 0.2) is 42.7 Å². The summed E-state index contributed by atoms with van der Waals surface area (Å²) in [7, 11) is 0. The second kappa shape index (κ2) is 11.1. The summed E-state index contributed by atoms with van der Waals surface area (Å²) in [6.07, 6.45) is 6.41. The first-order valence-electron chi connectivity index (χ1n) is 13.6. The van der Waals surface area contributed by atoms with Gasteiger partial charge in [-0.25, -0.2) is 9.59 Å². The zero-order valence-electron chi connectivity index (χ0n) is 22.9. The molecule has 4 atom stereocenters. The molecule has 0 bridgehead atoms. The van der Waals surface area contributed by atoms with Crippen molar-refractivity contribution < 1.29 is 23.8 Å². The Bertz CT molecular complexity index is 1270. The van der Waals surface area contributed by atoms with E-state index in [4.69, 9.17) is 14.2 Å². The van der Waals surface area contributed by atoms with Crippen molar-refractivity contribution in [1.82, 2.24) is 30.1 Å². The number of amides is 1. The molecule has 4 unspecified atom stereocenters. The normalized spacial score (nSPS) is 23.1. The van der Waals surface area contributed by atoms with Crippen LogP contribution in [0.4, 0.5) is 4.79 Å². The lowest BCUT2D eigenvalue weighted by molar-refractivity contribution is -0.153. The van der Waals surface area contributed by atoms with Gasteiger partial charge in [-0.3, -0.25) is 4.90 Å². The van der Waals surface area contributed by atoms with Crippen LogP contribution in [-0.2, 0) is 14.3 Å². The summed E-state index contributed by atoms with van der Waals surface area (Å²) in [5.74, 6) is 1.22. The molecule has 1 aliphatic carbocycles. The van der Waals surface area contributed by atoms with Gasteiger partial charge in [-0.15, -0.1) is 10.2 Å². The van der Waals surface area contributed by atoms with Gasteiger partial charge in [-0.05, 0) is 94.7 Å². The SMILES string of the molecule is CCOC(=O)C1CC2CC(Oc3cc(-n4cccc4)ccc3-c3nn[nH]n3)CCC2CN1C(=O)OC(C)(C)C. The van der Waals surface area contributed by atoms with E-state index in [1.165, 1.54) is 0 Å². The lowest BCUT2D eigenvalue weighted by Gasteiger charge is -2.46. The highest BCUT2D eigenvalue weighted by Gasteiger charge is 2.46. The number of esters is 1. The van der Waals surface area contributed by atoms with Crippen molar-refractivity contribution in [2.24, 2.45) is 11.8 Å². The Balaban J connectivity index is 1.35. The highest BCUT2D eigenvalue weighted by Crippen LogP contribution is 2.42. The standard InChI is InChI=1S/C28H36N6O5/c1-5-37-26(35)23-15-19-14-21(10-8-18(19)17-34(23)27(36)39-28(2,3)4)38-24-16-20(33-12-6-7-13-33)9-11-22(24)25-29-31-32-30-25/h6-7,9,11-13,16,18-19,21,23H,5,8,10,14-15,17H2,1-4H3,(H,29,30,31,32). The third-order valence-corrected chi connectivity index (χ3v) is 7.36. The van der Waals surface area contributed by atoms with Crippen LogP contribution in [0, 0.1) is 11.8 Å². The maximum Gasteiger partial charge on any atom is 0.411 e. The second-order valence-corrected chi connectivity index (χ2v) is 11.2. The molecule has 1 saturated heterocycles. The van der Waals surface area contributed by atoms with Gasteiger partial charge in [-0.2, -0.15) is 5.21 Å². The van der Waals surface area contributed by atoms with Crippen molar-refractivity contribution in [3.63, 3.8) is 0 Å². The number of rotatable bonds is 6. The van der Waals surface area contributed by atoms with E-state index in [1.54, 1.807) is 11.8 Å². The molecule has 1 aromatic carbocycles. The molecule has 0 radical (unpaired) electrons.